The zero-order valence-corrected chi connectivity index (χ0v) is 10.2. The van der Waals surface area contributed by atoms with E-state index in [4.69, 9.17) is 17.3 Å². The molecular formula is C10H11ClFN3O3. The molecule has 98 valence electrons. The van der Waals surface area contributed by atoms with Gasteiger partial charge >= 0.3 is 0 Å². The number of rotatable bonds is 5. The van der Waals surface area contributed by atoms with E-state index >= 15 is 0 Å². The summed E-state index contributed by atoms with van der Waals surface area (Å²) < 4.78 is 13.1. The summed E-state index contributed by atoms with van der Waals surface area (Å²) in [5, 5.41) is 13.2. The molecule has 1 unspecified atom stereocenters. The number of nitrogens with two attached hydrogens (primary N) is 1. The largest absolute Gasteiger partial charge is 0.376 e. The van der Waals surface area contributed by atoms with Gasteiger partial charge in [0.25, 0.3) is 5.69 Å². The molecule has 0 aliphatic rings. The Labute approximate surface area is 107 Å². The molecule has 8 heteroatoms. The number of benzene rings is 1. The second kappa shape index (κ2) is 5.63. The van der Waals surface area contributed by atoms with Gasteiger partial charge in [0.2, 0.25) is 5.91 Å². The van der Waals surface area contributed by atoms with Crippen LogP contribution in [0.1, 0.15) is 13.3 Å². The average Bonchev–Trinajstić information content (AvgIpc) is 2.21. The summed E-state index contributed by atoms with van der Waals surface area (Å²) in [6.07, 6.45) is -0.00779. The van der Waals surface area contributed by atoms with Gasteiger partial charge in [0.15, 0.2) is 0 Å². The van der Waals surface area contributed by atoms with Crippen LogP contribution in [-0.4, -0.2) is 16.9 Å². The van der Waals surface area contributed by atoms with Gasteiger partial charge in [-0.15, -0.1) is 0 Å². The van der Waals surface area contributed by atoms with E-state index in [0.717, 1.165) is 12.1 Å². The van der Waals surface area contributed by atoms with Gasteiger partial charge in [-0.25, -0.2) is 4.39 Å². The summed E-state index contributed by atoms with van der Waals surface area (Å²) in [6.45, 7) is 1.62. The van der Waals surface area contributed by atoms with E-state index in [1.54, 1.807) is 6.92 Å². The average molecular weight is 276 g/mol. The van der Waals surface area contributed by atoms with Crippen LogP contribution in [0.15, 0.2) is 12.1 Å². The van der Waals surface area contributed by atoms with Gasteiger partial charge in [0.1, 0.15) is 11.5 Å². The molecular weight excluding hydrogens is 265 g/mol. The summed E-state index contributed by atoms with van der Waals surface area (Å²) in [5.74, 6) is -1.43. The maximum absolute atomic E-state index is 13.1. The molecule has 1 aromatic carbocycles. The lowest BCUT2D eigenvalue weighted by molar-refractivity contribution is -0.384. The van der Waals surface area contributed by atoms with Crippen LogP contribution in [-0.2, 0) is 4.79 Å². The lowest BCUT2D eigenvalue weighted by Gasteiger charge is -2.14. The highest BCUT2D eigenvalue weighted by atomic mass is 35.5. The molecule has 1 rings (SSSR count). The van der Waals surface area contributed by atoms with Crippen molar-refractivity contribution in [2.45, 2.75) is 19.4 Å². The number of halogens is 2. The van der Waals surface area contributed by atoms with E-state index in [1.807, 2.05) is 0 Å². The quantitative estimate of drug-likeness (QED) is 0.635. The number of nitro groups is 1. The fraction of sp³-hybridized carbons (Fsp3) is 0.300. The molecule has 0 heterocycles. The number of anilines is 1. The fourth-order valence-electron chi connectivity index (χ4n) is 1.42. The van der Waals surface area contributed by atoms with Crippen LogP contribution in [0.25, 0.3) is 0 Å². The Balaban J connectivity index is 3.03. The van der Waals surface area contributed by atoms with Crippen LogP contribution in [0.4, 0.5) is 15.8 Å². The van der Waals surface area contributed by atoms with Gasteiger partial charge in [0.05, 0.1) is 16.0 Å². The number of nitrogens with zero attached hydrogens (tertiary/aromatic N) is 1. The molecule has 0 aromatic heterocycles. The zero-order chi connectivity index (χ0) is 13.9. The highest BCUT2D eigenvalue weighted by molar-refractivity contribution is 6.31. The maximum Gasteiger partial charge on any atom is 0.295 e. The Bertz CT molecular complexity index is 496. The molecule has 0 aliphatic heterocycles. The Morgan fingerprint density at radius 2 is 2.28 bits per heavy atom. The van der Waals surface area contributed by atoms with Crippen LogP contribution >= 0.6 is 11.6 Å². The monoisotopic (exact) mass is 275 g/mol. The molecule has 0 aliphatic carbocycles. The SMILES string of the molecule is CC(CC(N)=O)Nc1cc(Cl)c(F)cc1[N+](=O)[O-]. The Hall–Kier alpha value is -1.89. The van der Waals surface area contributed by atoms with E-state index in [2.05, 4.69) is 5.32 Å². The van der Waals surface area contributed by atoms with Crippen molar-refractivity contribution in [2.24, 2.45) is 5.73 Å². The minimum absolute atomic E-state index is 0.00779. The molecule has 1 atom stereocenters. The van der Waals surface area contributed by atoms with E-state index < -0.39 is 28.4 Å². The highest BCUT2D eigenvalue weighted by Crippen LogP contribution is 2.30. The van der Waals surface area contributed by atoms with Gasteiger partial charge in [0, 0.05) is 12.5 Å². The van der Waals surface area contributed by atoms with E-state index in [0.29, 0.717) is 0 Å². The third-order valence-corrected chi connectivity index (χ3v) is 2.43. The minimum atomic E-state index is -0.878. The Morgan fingerprint density at radius 1 is 1.67 bits per heavy atom. The third kappa shape index (κ3) is 3.56. The second-order valence-electron chi connectivity index (χ2n) is 3.76. The van der Waals surface area contributed by atoms with Crippen molar-refractivity contribution in [1.29, 1.82) is 0 Å². The van der Waals surface area contributed by atoms with Gasteiger partial charge in [-0.3, -0.25) is 14.9 Å². The van der Waals surface area contributed by atoms with Gasteiger partial charge in [-0.05, 0) is 13.0 Å². The third-order valence-electron chi connectivity index (χ3n) is 2.14. The number of carbonyl (C=O) groups excluding carboxylic acids is 1. The lowest BCUT2D eigenvalue weighted by atomic mass is 10.2. The molecule has 18 heavy (non-hydrogen) atoms. The molecule has 0 fully saturated rings. The number of nitrogens with one attached hydrogen (secondary N) is 1. The van der Waals surface area contributed by atoms with Crippen molar-refractivity contribution in [3.05, 3.63) is 33.1 Å². The summed E-state index contributed by atoms with van der Waals surface area (Å²) in [5.41, 5.74) is 4.59. The molecule has 0 radical (unpaired) electrons. The first kappa shape index (κ1) is 14.2. The van der Waals surface area contributed by atoms with Crippen molar-refractivity contribution in [2.75, 3.05) is 5.32 Å². The fourth-order valence-corrected chi connectivity index (χ4v) is 1.58. The number of hydrogen-bond acceptors (Lipinski definition) is 4. The number of carbonyl (C=O) groups is 1. The molecule has 1 aromatic rings. The summed E-state index contributed by atoms with van der Waals surface area (Å²) in [4.78, 5) is 20.7. The zero-order valence-electron chi connectivity index (χ0n) is 9.44. The Morgan fingerprint density at radius 3 is 2.78 bits per heavy atom. The number of hydrogen-bond donors (Lipinski definition) is 2. The van der Waals surface area contributed by atoms with E-state index in [1.165, 1.54) is 0 Å². The Kier molecular flexibility index (Phi) is 4.43. The van der Waals surface area contributed by atoms with Crippen molar-refractivity contribution in [3.8, 4) is 0 Å². The predicted molar refractivity (Wildman–Crippen MR) is 65.0 cm³/mol. The van der Waals surface area contributed by atoms with Crippen LogP contribution in [0, 0.1) is 15.9 Å². The van der Waals surface area contributed by atoms with Gasteiger partial charge in [-0.1, -0.05) is 11.6 Å². The molecule has 1 amide bonds. The highest BCUT2D eigenvalue weighted by Gasteiger charge is 2.19. The smallest absolute Gasteiger partial charge is 0.295 e. The summed E-state index contributed by atoms with van der Waals surface area (Å²) in [6, 6.07) is 1.40. The van der Waals surface area contributed by atoms with Gasteiger partial charge < -0.3 is 11.1 Å². The summed E-state index contributed by atoms with van der Waals surface area (Å²) in [7, 11) is 0. The van der Waals surface area contributed by atoms with Crippen molar-refractivity contribution < 1.29 is 14.1 Å². The molecule has 0 saturated carbocycles. The maximum atomic E-state index is 13.1. The van der Waals surface area contributed by atoms with Crippen LogP contribution in [0.2, 0.25) is 5.02 Å². The standard InChI is InChI=1S/C10H11ClFN3O3/c1-5(2-10(13)16)14-8-3-6(11)7(12)4-9(8)15(17)18/h3-5,14H,2H2,1H3,(H2,13,16). The molecule has 0 saturated heterocycles. The topological polar surface area (TPSA) is 98.3 Å². The van der Waals surface area contributed by atoms with Crippen LogP contribution in [0.5, 0.6) is 0 Å². The number of primary amides is 1. The lowest BCUT2D eigenvalue weighted by Crippen LogP contribution is -2.24. The second-order valence-corrected chi connectivity index (χ2v) is 4.16. The van der Waals surface area contributed by atoms with Crippen LogP contribution < -0.4 is 11.1 Å². The van der Waals surface area contributed by atoms with E-state index in [9.17, 15) is 19.3 Å². The predicted octanol–water partition coefficient (Wildman–Crippen LogP) is 2.06. The molecule has 0 bridgehead atoms. The number of amides is 1. The first-order chi connectivity index (χ1) is 8.31. The normalized spacial score (nSPS) is 11.9. The first-order valence-electron chi connectivity index (χ1n) is 4.99. The van der Waals surface area contributed by atoms with Crippen LogP contribution in [0.3, 0.4) is 0 Å². The molecule has 6 nitrogen and oxygen atoms in total. The van der Waals surface area contributed by atoms with Crippen molar-refractivity contribution in [1.82, 2.24) is 0 Å². The summed E-state index contributed by atoms with van der Waals surface area (Å²) >= 11 is 5.55. The molecule has 3 N–H and O–H groups in total. The van der Waals surface area contributed by atoms with Gasteiger partial charge in [-0.2, -0.15) is 0 Å². The van der Waals surface area contributed by atoms with Crippen molar-refractivity contribution >= 4 is 28.9 Å². The molecule has 0 spiro atoms. The minimum Gasteiger partial charge on any atom is -0.376 e. The first-order valence-corrected chi connectivity index (χ1v) is 5.37. The number of nitro benzene ring substituents is 1. The van der Waals surface area contributed by atoms with E-state index in [-0.39, 0.29) is 17.1 Å². The van der Waals surface area contributed by atoms with Crippen molar-refractivity contribution in [3.63, 3.8) is 0 Å².